The van der Waals surface area contributed by atoms with Gasteiger partial charge in [0.25, 0.3) is 5.91 Å². The first-order valence-electron chi connectivity index (χ1n) is 12.7. The molecule has 0 aliphatic rings. The van der Waals surface area contributed by atoms with Crippen molar-refractivity contribution < 1.29 is 18.7 Å². The van der Waals surface area contributed by atoms with Crippen molar-refractivity contribution in [2.75, 3.05) is 6.61 Å². The van der Waals surface area contributed by atoms with Gasteiger partial charge in [-0.3, -0.25) is 9.59 Å². The van der Waals surface area contributed by atoms with Crippen molar-refractivity contribution in [3.63, 3.8) is 0 Å². The summed E-state index contributed by atoms with van der Waals surface area (Å²) in [4.78, 5) is 28.6. The van der Waals surface area contributed by atoms with E-state index in [-0.39, 0.29) is 42.2 Å². The van der Waals surface area contributed by atoms with Crippen LogP contribution in [0.25, 0.3) is 0 Å². The molecule has 0 radical (unpaired) electrons. The lowest BCUT2D eigenvalue weighted by molar-refractivity contribution is -0.143. The van der Waals surface area contributed by atoms with E-state index in [1.807, 2.05) is 62.4 Å². The number of amides is 2. The van der Waals surface area contributed by atoms with Crippen LogP contribution in [0.2, 0.25) is 0 Å². The Hall–Kier alpha value is -3.19. The number of carbonyl (C=O) groups excluding carboxylic acids is 2. The molecule has 0 aliphatic carbocycles. The van der Waals surface area contributed by atoms with E-state index in [9.17, 15) is 14.0 Å². The van der Waals surface area contributed by atoms with E-state index in [2.05, 4.69) is 42.0 Å². The lowest BCUT2D eigenvalue weighted by Gasteiger charge is -2.32. The van der Waals surface area contributed by atoms with Gasteiger partial charge in [-0.2, -0.15) is 0 Å². The second kappa shape index (κ2) is 13.1. The third kappa shape index (κ3) is 8.42. The number of nitrogens with zero attached hydrogens (tertiary/aromatic N) is 1. The summed E-state index contributed by atoms with van der Waals surface area (Å²) in [6, 6.07) is 20.5. The minimum absolute atomic E-state index is 0.0305. The number of ether oxygens (including phenoxy) is 1. The Bertz CT molecular complexity index is 1220. The van der Waals surface area contributed by atoms with E-state index in [1.165, 1.54) is 17.0 Å². The molecule has 0 bridgehead atoms. The highest BCUT2D eigenvalue weighted by molar-refractivity contribution is 9.10. The van der Waals surface area contributed by atoms with Crippen molar-refractivity contribution in [2.24, 2.45) is 0 Å². The zero-order valence-corrected chi connectivity index (χ0v) is 24.2. The number of nitrogens with one attached hydrogen (secondary N) is 1. The molecule has 202 valence electrons. The fourth-order valence-corrected chi connectivity index (χ4v) is 4.52. The first-order chi connectivity index (χ1) is 17.9. The predicted octanol–water partition coefficient (Wildman–Crippen LogP) is 6.43. The van der Waals surface area contributed by atoms with Crippen molar-refractivity contribution in [3.8, 4) is 5.75 Å². The SMILES string of the molecule is CC(C)NC(=O)[C@H](Cc1ccccc1)N(Cc1ccc(F)cc1)C(=O)COc1ccc(C(C)(C)C)cc1Br. The van der Waals surface area contributed by atoms with Gasteiger partial charge >= 0.3 is 0 Å². The van der Waals surface area contributed by atoms with Crippen LogP contribution in [0, 0.1) is 5.82 Å². The molecule has 0 saturated carbocycles. The first kappa shape index (κ1) is 29.4. The fraction of sp³-hybridized carbons (Fsp3) is 0.355. The summed E-state index contributed by atoms with van der Waals surface area (Å²) in [5, 5.41) is 2.96. The van der Waals surface area contributed by atoms with E-state index in [0.717, 1.165) is 15.6 Å². The number of rotatable bonds is 10. The van der Waals surface area contributed by atoms with Crippen LogP contribution in [0.5, 0.6) is 5.75 Å². The van der Waals surface area contributed by atoms with Crippen molar-refractivity contribution in [3.05, 3.63) is 99.8 Å². The Morgan fingerprint density at radius 1 is 0.974 bits per heavy atom. The third-order valence-corrected chi connectivity index (χ3v) is 6.74. The van der Waals surface area contributed by atoms with Crippen LogP contribution in [-0.2, 0) is 28.0 Å². The first-order valence-corrected chi connectivity index (χ1v) is 13.5. The van der Waals surface area contributed by atoms with Gasteiger partial charge in [0, 0.05) is 19.0 Å². The van der Waals surface area contributed by atoms with Gasteiger partial charge in [0.2, 0.25) is 5.91 Å². The molecule has 3 rings (SSSR count). The standard InChI is InChI=1S/C31H36BrFN2O3/c1-21(2)34-30(37)27(17-22-9-7-6-8-10-22)35(19-23-11-14-25(33)15-12-23)29(36)20-38-28-16-13-24(18-26(28)32)31(3,4)5/h6-16,18,21,27H,17,19-20H2,1-5H3,(H,34,37)/t27-/m0/s1. The van der Waals surface area contributed by atoms with Gasteiger partial charge in [-0.25, -0.2) is 4.39 Å². The molecule has 0 fully saturated rings. The number of halogens is 2. The summed E-state index contributed by atoms with van der Waals surface area (Å²) >= 11 is 3.56. The van der Waals surface area contributed by atoms with Crippen molar-refractivity contribution in [1.29, 1.82) is 0 Å². The van der Waals surface area contributed by atoms with Crippen LogP contribution < -0.4 is 10.1 Å². The summed E-state index contributed by atoms with van der Waals surface area (Å²) in [7, 11) is 0. The Labute approximate surface area is 233 Å². The van der Waals surface area contributed by atoms with Crippen LogP contribution in [0.3, 0.4) is 0 Å². The van der Waals surface area contributed by atoms with E-state index in [0.29, 0.717) is 17.7 Å². The monoisotopic (exact) mass is 582 g/mol. The summed E-state index contributed by atoms with van der Waals surface area (Å²) in [5.41, 5.74) is 2.74. The molecule has 0 heterocycles. The predicted molar refractivity (Wildman–Crippen MR) is 152 cm³/mol. The molecule has 3 aromatic carbocycles. The summed E-state index contributed by atoms with van der Waals surface area (Å²) in [5.74, 6) is -0.424. The summed E-state index contributed by atoms with van der Waals surface area (Å²) in [6.07, 6.45) is 0.330. The largest absolute Gasteiger partial charge is 0.483 e. The van der Waals surface area contributed by atoms with Gasteiger partial charge in [0.1, 0.15) is 17.6 Å². The van der Waals surface area contributed by atoms with Gasteiger partial charge in [-0.05, 0) is 76.1 Å². The second-order valence-electron chi connectivity index (χ2n) is 10.7. The molecule has 5 nitrogen and oxygen atoms in total. The third-order valence-electron chi connectivity index (χ3n) is 6.12. The van der Waals surface area contributed by atoms with Crippen molar-refractivity contribution in [1.82, 2.24) is 10.2 Å². The van der Waals surface area contributed by atoms with E-state index >= 15 is 0 Å². The highest BCUT2D eigenvalue weighted by Gasteiger charge is 2.31. The lowest BCUT2D eigenvalue weighted by atomic mass is 9.87. The number of carbonyl (C=O) groups is 2. The Balaban J connectivity index is 1.90. The van der Waals surface area contributed by atoms with Crippen LogP contribution >= 0.6 is 15.9 Å². The molecule has 1 atom stereocenters. The summed E-state index contributed by atoms with van der Waals surface area (Å²) in [6.45, 7) is 10.0. The minimum Gasteiger partial charge on any atom is -0.483 e. The smallest absolute Gasteiger partial charge is 0.261 e. The molecule has 0 spiro atoms. The maximum absolute atomic E-state index is 13.7. The number of benzene rings is 3. The van der Waals surface area contributed by atoms with E-state index in [4.69, 9.17) is 4.74 Å². The average Bonchev–Trinajstić information content (AvgIpc) is 2.86. The quantitative estimate of drug-likeness (QED) is 0.299. The van der Waals surface area contributed by atoms with Gasteiger partial charge in [0.05, 0.1) is 4.47 Å². The van der Waals surface area contributed by atoms with Crippen LogP contribution in [0.1, 0.15) is 51.3 Å². The van der Waals surface area contributed by atoms with E-state index in [1.54, 1.807) is 12.1 Å². The topological polar surface area (TPSA) is 58.6 Å². The number of hydrogen-bond acceptors (Lipinski definition) is 3. The average molecular weight is 584 g/mol. The zero-order valence-electron chi connectivity index (χ0n) is 22.6. The second-order valence-corrected chi connectivity index (χ2v) is 11.6. The molecule has 38 heavy (non-hydrogen) atoms. The minimum atomic E-state index is -0.785. The van der Waals surface area contributed by atoms with Crippen LogP contribution in [0.15, 0.2) is 77.3 Å². The molecule has 2 amide bonds. The van der Waals surface area contributed by atoms with Crippen molar-refractivity contribution in [2.45, 2.75) is 65.1 Å². The van der Waals surface area contributed by atoms with Crippen molar-refractivity contribution >= 4 is 27.7 Å². The fourth-order valence-electron chi connectivity index (χ4n) is 4.03. The maximum atomic E-state index is 13.7. The molecule has 0 aliphatic heterocycles. The van der Waals surface area contributed by atoms with Gasteiger partial charge < -0.3 is 15.0 Å². The van der Waals surface area contributed by atoms with E-state index < -0.39 is 6.04 Å². The molecule has 3 aromatic rings. The molecule has 7 heteroatoms. The summed E-state index contributed by atoms with van der Waals surface area (Å²) < 4.78 is 20.3. The van der Waals surface area contributed by atoms with Crippen LogP contribution in [0.4, 0.5) is 4.39 Å². The molecule has 0 saturated heterocycles. The Morgan fingerprint density at radius 3 is 2.21 bits per heavy atom. The normalized spacial score (nSPS) is 12.2. The molecular formula is C31H36BrFN2O3. The molecule has 0 aromatic heterocycles. The molecule has 0 unspecified atom stereocenters. The van der Waals surface area contributed by atoms with Gasteiger partial charge in [-0.1, -0.05) is 69.3 Å². The maximum Gasteiger partial charge on any atom is 0.261 e. The number of hydrogen-bond donors (Lipinski definition) is 1. The highest BCUT2D eigenvalue weighted by atomic mass is 79.9. The lowest BCUT2D eigenvalue weighted by Crippen LogP contribution is -2.52. The molecular weight excluding hydrogens is 547 g/mol. The van der Waals surface area contributed by atoms with Gasteiger partial charge in [-0.15, -0.1) is 0 Å². The zero-order chi connectivity index (χ0) is 27.9. The Kier molecular flexibility index (Phi) is 10.1. The molecule has 1 N–H and O–H groups in total. The van der Waals surface area contributed by atoms with Crippen LogP contribution in [-0.4, -0.2) is 35.4 Å². The van der Waals surface area contributed by atoms with Gasteiger partial charge in [0.15, 0.2) is 6.61 Å². The Morgan fingerprint density at radius 2 is 1.63 bits per heavy atom. The highest BCUT2D eigenvalue weighted by Crippen LogP contribution is 2.31.